The molecule has 5 heteroatoms. The van der Waals surface area contributed by atoms with Crippen LogP contribution in [-0.4, -0.2) is 0 Å². The van der Waals surface area contributed by atoms with Crippen molar-refractivity contribution in [3.63, 3.8) is 0 Å². The molecule has 2 aromatic carbocycles. The predicted octanol–water partition coefficient (Wildman–Crippen LogP) is 6.16. The Kier molecular flexibility index (Phi) is 5.11. The first-order valence-corrected chi connectivity index (χ1v) is 7.88. The van der Waals surface area contributed by atoms with E-state index in [1.54, 1.807) is 0 Å². The van der Waals surface area contributed by atoms with Crippen LogP contribution in [0.1, 0.15) is 44.7 Å². The summed E-state index contributed by atoms with van der Waals surface area (Å²) in [5.74, 6) is 0.751. The SMILES string of the molecule is CCCC(C)(C)c1ccc(Oc2ccc(C(F)(F)F)cc2N)cc1. The van der Waals surface area contributed by atoms with Gasteiger partial charge in [0, 0.05) is 0 Å². The molecule has 0 unspecified atom stereocenters. The molecule has 0 spiro atoms. The number of anilines is 1. The van der Waals surface area contributed by atoms with E-state index in [0.717, 1.165) is 25.0 Å². The van der Waals surface area contributed by atoms with E-state index in [2.05, 4.69) is 20.8 Å². The van der Waals surface area contributed by atoms with Crippen LogP contribution in [0.4, 0.5) is 18.9 Å². The molecular weight excluding hydrogens is 315 g/mol. The third-order valence-corrected chi connectivity index (χ3v) is 4.08. The van der Waals surface area contributed by atoms with Gasteiger partial charge >= 0.3 is 6.18 Å². The minimum Gasteiger partial charge on any atom is -0.455 e. The van der Waals surface area contributed by atoms with Gasteiger partial charge in [0.1, 0.15) is 11.5 Å². The zero-order valence-electron chi connectivity index (χ0n) is 14.1. The van der Waals surface area contributed by atoms with Crippen LogP contribution in [0, 0.1) is 0 Å². The van der Waals surface area contributed by atoms with Gasteiger partial charge in [0.05, 0.1) is 11.3 Å². The largest absolute Gasteiger partial charge is 0.455 e. The monoisotopic (exact) mass is 337 g/mol. The van der Waals surface area contributed by atoms with Crippen LogP contribution in [0.5, 0.6) is 11.5 Å². The average Bonchev–Trinajstić information content (AvgIpc) is 2.49. The summed E-state index contributed by atoms with van der Waals surface area (Å²) in [6.07, 6.45) is -2.26. The van der Waals surface area contributed by atoms with Crippen LogP contribution in [0.3, 0.4) is 0 Å². The highest BCUT2D eigenvalue weighted by Crippen LogP contribution is 2.36. The first-order chi connectivity index (χ1) is 11.1. The van der Waals surface area contributed by atoms with E-state index >= 15 is 0 Å². The van der Waals surface area contributed by atoms with Gasteiger partial charge in [-0.1, -0.05) is 39.3 Å². The van der Waals surface area contributed by atoms with Crippen LogP contribution in [0.25, 0.3) is 0 Å². The fraction of sp³-hybridized carbons (Fsp3) is 0.368. The Morgan fingerprint density at radius 3 is 2.04 bits per heavy atom. The van der Waals surface area contributed by atoms with Gasteiger partial charge in [-0.05, 0) is 47.7 Å². The second-order valence-electron chi connectivity index (χ2n) is 6.51. The lowest BCUT2D eigenvalue weighted by Gasteiger charge is -2.24. The van der Waals surface area contributed by atoms with Gasteiger partial charge in [-0.3, -0.25) is 0 Å². The normalized spacial score (nSPS) is 12.2. The van der Waals surface area contributed by atoms with Crippen molar-refractivity contribution in [3.8, 4) is 11.5 Å². The summed E-state index contributed by atoms with van der Waals surface area (Å²) in [7, 11) is 0. The van der Waals surface area contributed by atoms with E-state index in [9.17, 15) is 13.2 Å². The molecule has 2 aromatic rings. The number of halogens is 3. The van der Waals surface area contributed by atoms with Crippen molar-refractivity contribution in [1.82, 2.24) is 0 Å². The molecule has 0 aliphatic carbocycles. The highest BCUT2D eigenvalue weighted by atomic mass is 19.4. The Morgan fingerprint density at radius 1 is 0.958 bits per heavy atom. The molecule has 24 heavy (non-hydrogen) atoms. The zero-order chi connectivity index (χ0) is 18.0. The van der Waals surface area contributed by atoms with Crippen LogP contribution in [0.2, 0.25) is 0 Å². The Labute approximate surface area is 140 Å². The third-order valence-electron chi connectivity index (χ3n) is 4.08. The van der Waals surface area contributed by atoms with E-state index in [1.165, 1.54) is 11.6 Å². The minimum absolute atomic E-state index is 0.0415. The molecule has 2 rings (SSSR count). The minimum atomic E-state index is -4.42. The maximum absolute atomic E-state index is 12.6. The maximum Gasteiger partial charge on any atom is 0.416 e. The predicted molar refractivity (Wildman–Crippen MR) is 90.3 cm³/mol. The Hall–Kier alpha value is -2.17. The third kappa shape index (κ3) is 4.22. The van der Waals surface area contributed by atoms with Gasteiger partial charge in [0.2, 0.25) is 0 Å². The molecule has 0 saturated heterocycles. The molecule has 0 atom stereocenters. The molecule has 0 amide bonds. The van der Waals surface area contributed by atoms with Crippen LogP contribution in [-0.2, 0) is 11.6 Å². The molecule has 2 nitrogen and oxygen atoms in total. The van der Waals surface area contributed by atoms with Crippen LogP contribution < -0.4 is 10.5 Å². The molecule has 0 radical (unpaired) electrons. The lowest BCUT2D eigenvalue weighted by Crippen LogP contribution is -2.16. The lowest BCUT2D eigenvalue weighted by atomic mass is 9.81. The van der Waals surface area contributed by atoms with E-state index in [-0.39, 0.29) is 16.9 Å². The highest BCUT2D eigenvalue weighted by molar-refractivity contribution is 5.56. The van der Waals surface area contributed by atoms with Crippen molar-refractivity contribution in [2.45, 2.75) is 45.2 Å². The zero-order valence-corrected chi connectivity index (χ0v) is 14.1. The van der Waals surface area contributed by atoms with Crippen molar-refractivity contribution < 1.29 is 17.9 Å². The van der Waals surface area contributed by atoms with Gasteiger partial charge in [-0.15, -0.1) is 0 Å². The molecule has 0 saturated carbocycles. The highest BCUT2D eigenvalue weighted by Gasteiger charge is 2.31. The molecule has 0 heterocycles. The smallest absolute Gasteiger partial charge is 0.416 e. The number of benzene rings is 2. The summed E-state index contributed by atoms with van der Waals surface area (Å²) < 4.78 is 43.6. The average molecular weight is 337 g/mol. The number of hydrogen-bond acceptors (Lipinski definition) is 2. The quantitative estimate of drug-likeness (QED) is 0.663. The van der Waals surface area contributed by atoms with Crippen molar-refractivity contribution in [2.75, 3.05) is 5.73 Å². The summed E-state index contributed by atoms with van der Waals surface area (Å²) >= 11 is 0. The molecule has 2 N–H and O–H groups in total. The number of rotatable bonds is 5. The lowest BCUT2D eigenvalue weighted by molar-refractivity contribution is -0.137. The number of ether oxygens (including phenoxy) is 1. The topological polar surface area (TPSA) is 35.2 Å². The van der Waals surface area contributed by atoms with Crippen LogP contribution in [0.15, 0.2) is 42.5 Å². The van der Waals surface area contributed by atoms with E-state index in [4.69, 9.17) is 10.5 Å². The number of nitrogen functional groups attached to an aromatic ring is 1. The first kappa shape index (κ1) is 18.2. The molecule has 0 aliphatic heterocycles. The van der Waals surface area contributed by atoms with Crippen molar-refractivity contribution >= 4 is 5.69 Å². The number of nitrogens with two attached hydrogens (primary N) is 1. The van der Waals surface area contributed by atoms with Crippen molar-refractivity contribution in [2.24, 2.45) is 0 Å². The molecule has 0 aromatic heterocycles. The molecule has 0 aliphatic rings. The van der Waals surface area contributed by atoms with E-state index < -0.39 is 11.7 Å². The summed E-state index contributed by atoms with van der Waals surface area (Å²) in [6.45, 7) is 6.51. The molecule has 0 fully saturated rings. The van der Waals surface area contributed by atoms with E-state index in [1.807, 2.05) is 24.3 Å². The summed E-state index contributed by atoms with van der Waals surface area (Å²) in [6, 6.07) is 10.7. The summed E-state index contributed by atoms with van der Waals surface area (Å²) in [4.78, 5) is 0. The van der Waals surface area contributed by atoms with Crippen LogP contribution >= 0.6 is 0 Å². The second kappa shape index (κ2) is 6.75. The number of hydrogen-bond donors (Lipinski definition) is 1. The molecule has 0 bridgehead atoms. The van der Waals surface area contributed by atoms with Crippen molar-refractivity contribution in [1.29, 1.82) is 0 Å². The standard InChI is InChI=1S/C19H22F3NO/c1-4-11-18(2,3)13-5-8-15(9-6-13)24-17-10-7-14(12-16(17)23)19(20,21)22/h5-10,12H,4,11,23H2,1-3H3. The molecule has 130 valence electrons. The fourth-order valence-corrected chi connectivity index (χ4v) is 2.69. The first-order valence-electron chi connectivity index (χ1n) is 7.88. The second-order valence-corrected chi connectivity index (χ2v) is 6.51. The Bertz CT molecular complexity index is 691. The van der Waals surface area contributed by atoms with Gasteiger partial charge in [0.15, 0.2) is 0 Å². The summed E-state index contributed by atoms with van der Waals surface area (Å²) in [5.41, 5.74) is 6.11. The Balaban J connectivity index is 2.17. The fourth-order valence-electron chi connectivity index (χ4n) is 2.69. The van der Waals surface area contributed by atoms with Gasteiger partial charge in [-0.2, -0.15) is 13.2 Å². The maximum atomic E-state index is 12.6. The van der Waals surface area contributed by atoms with Gasteiger partial charge in [0.25, 0.3) is 0 Å². The van der Waals surface area contributed by atoms with E-state index in [0.29, 0.717) is 5.75 Å². The molecular formula is C19H22F3NO. The summed E-state index contributed by atoms with van der Waals surface area (Å²) in [5, 5.41) is 0. The number of alkyl halides is 3. The van der Waals surface area contributed by atoms with Crippen molar-refractivity contribution in [3.05, 3.63) is 53.6 Å². The van der Waals surface area contributed by atoms with Gasteiger partial charge < -0.3 is 10.5 Å². The Morgan fingerprint density at radius 2 is 1.54 bits per heavy atom. The van der Waals surface area contributed by atoms with Gasteiger partial charge in [-0.25, -0.2) is 0 Å².